The molecule has 0 amide bonds. The number of nitrogens with zero attached hydrogens (tertiary/aromatic N) is 1. The fraction of sp³-hybridized carbons (Fsp3) is 0.294. The van der Waals surface area contributed by atoms with Crippen LogP contribution >= 0.6 is 0 Å². The van der Waals surface area contributed by atoms with E-state index in [1.54, 1.807) is 24.3 Å². The lowest BCUT2D eigenvalue weighted by Crippen LogP contribution is -2.34. The molecule has 0 aromatic heterocycles. The van der Waals surface area contributed by atoms with E-state index in [-0.39, 0.29) is 23.3 Å². The van der Waals surface area contributed by atoms with E-state index in [1.807, 2.05) is 19.0 Å². The van der Waals surface area contributed by atoms with E-state index in [1.165, 1.54) is 31.4 Å². The number of rotatable bonds is 7. The largest absolute Gasteiger partial charge is 0.497 e. The number of benzene rings is 2. The van der Waals surface area contributed by atoms with E-state index in [2.05, 4.69) is 4.72 Å². The molecule has 0 aliphatic carbocycles. The third-order valence-corrected chi connectivity index (χ3v) is 5.13. The Kier molecular flexibility index (Phi) is 5.93. The number of hydrogen-bond donors (Lipinski definition) is 1. The van der Waals surface area contributed by atoms with Gasteiger partial charge in [-0.3, -0.25) is 0 Å². The molecule has 0 bridgehead atoms. The summed E-state index contributed by atoms with van der Waals surface area (Å²) < 4.78 is 45.9. The quantitative estimate of drug-likeness (QED) is 0.831. The number of hydrogen-bond acceptors (Lipinski definition) is 4. The van der Waals surface area contributed by atoms with Crippen molar-refractivity contribution in [3.63, 3.8) is 0 Å². The van der Waals surface area contributed by atoms with E-state index in [9.17, 15) is 12.8 Å². The molecule has 0 saturated carbocycles. The van der Waals surface area contributed by atoms with Crippen LogP contribution in [0.25, 0.3) is 0 Å². The molecule has 0 spiro atoms. The maximum Gasteiger partial charge on any atom is 0.240 e. The van der Waals surface area contributed by atoms with Crippen LogP contribution in [0.1, 0.15) is 11.6 Å². The number of ether oxygens (including phenoxy) is 1. The lowest BCUT2D eigenvalue weighted by atomic mass is 10.1. The van der Waals surface area contributed by atoms with Gasteiger partial charge < -0.3 is 9.64 Å². The van der Waals surface area contributed by atoms with Gasteiger partial charge in [-0.2, -0.15) is 0 Å². The van der Waals surface area contributed by atoms with Crippen LogP contribution in [0.15, 0.2) is 53.4 Å². The second-order valence-electron chi connectivity index (χ2n) is 5.56. The zero-order valence-corrected chi connectivity index (χ0v) is 14.7. The Morgan fingerprint density at radius 2 is 1.83 bits per heavy atom. The predicted molar refractivity (Wildman–Crippen MR) is 91.0 cm³/mol. The van der Waals surface area contributed by atoms with Crippen molar-refractivity contribution in [1.29, 1.82) is 0 Å². The summed E-state index contributed by atoms with van der Waals surface area (Å²) in [5.41, 5.74) is 0.706. The third-order valence-electron chi connectivity index (χ3n) is 3.69. The fourth-order valence-electron chi connectivity index (χ4n) is 2.34. The molecule has 0 aliphatic heterocycles. The SMILES string of the molecule is COc1ccc(S(=O)(=O)NC[C@H](c2cccc(F)c2)N(C)C)cc1. The highest BCUT2D eigenvalue weighted by atomic mass is 32.2. The van der Waals surface area contributed by atoms with Crippen LogP contribution in [-0.4, -0.2) is 41.1 Å². The summed E-state index contributed by atoms with van der Waals surface area (Å²) >= 11 is 0. The Labute approximate surface area is 142 Å². The lowest BCUT2D eigenvalue weighted by molar-refractivity contribution is 0.299. The molecular formula is C17H21FN2O3S. The zero-order valence-electron chi connectivity index (χ0n) is 13.9. The second-order valence-corrected chi connectivity index (χ2v) is 7.33. The summed E-state index contributed by atoms with van der Waals surface area (Å²) in [6, 6.07) is 12.0. The van der Waals surface area contributed by atoms with Gasteiger partial charge in [0.15, 0.2) is 0 Å². The van der Waals surface area contributed by atoms with Crippen molar-refractivity contribution in [2.75, 3.05) is 27.7 Å². The summed E-state index contributed by atoms with van der Waals surface area (Å²) in [5.74, 6) is 0.234. The first-order valence-corrected chi connectivity index (χ1v) is 8.87. The summed E-state index contributed by atoms with van der Waals surface area (Å²) in [6.45, 7) is 0.130. The molecular weight excluding hydrogens is 331 g/mol. The van der Waals surface area contributed by atoms with Crippen LogP contribution < -0.4 is 9.46 Å². The number of halogens is 1. The van der Waals surface area contributed by atoms with E-state index >= 15 is 0 Å². The van der Waals surface area contributed by atoms with Gasteiger partial charge in [0.2, 0.25) is 10.0 Å². The van der Waals surface area contributed by atoms with Gasteiger partial charge in [-0.05, 0) is 56.1 Å². The van der Waals surface area contributed by atoms with Crippen LogP contribution in [0.3, 0.4) is 0 Å². The molecule has 1 N–H and O–H groups in total. The van der Waals surface area contributed by atoms with E-state index in [0.717, 1.165) is 0 Å². The van der Waals surface area contributed by atoms with Gasteiger partial charge in [0.25, 0.3) is 0 Å². The van der Waals surface area contributed by atoms with Gasteiger partial charge >= 0.3 is 0 Å². The molecule has 24 heavy (non-hydrogen) atoms. The minimum absolute atomic E-state index is 0.130. The van der Waals surface area contributed by atoms with Crippen molar-refractivity contribution in [3.05, 3.63) is 59.9 Å². The van der Waals surface area contributed by atoms with Gasteiger partial charge in [-0.25, -0.2) is 17.5 Å². The molecule has 0 fully saturated rings. The molecule has 7 heteroatoms. The second kappa shape index (κ2) is 7.74. The van der Waals surface area contributed by atoms with Crippen LogP contribution in [-0.2, 0) is 10.0 Å². The van der Waals surface area contributed by atoms with Crippen molar-refractivity contribution in [3.8, 4) is 5.75 Å². The Balaban J connectivity index is 2.15. The maximum absolute atomic E-state index is 13.4. The summed E-state index contributed by atoms with van der Waals surface area (Å²) in [6.07, 6.45) is 0. The zero-order chi connectivity index (χ0) is 17.7. The van der Waals surface area contributed by atoms with Crippen LogP contribution in [0.2, 0.25) is 0 Å². The van der Waals surface area contributed by atoms with Crippen LogP contribution in [0.5, 0.6) is 5.75 Å². The molecule has 2 rings (SSSR count). The molecule has 1 atom stereocenters. The third kappa shape index (κ3) is 4.53. The van der Waals surface area contributed by atoms with Gasteiger partial charge in [0.1, 0.15) is 11.6 Å². The molecule has 0 radical (unpaired) electrons. The molecule has 5 nitrogen and oxygen atoms in total. The molecule has 2 aromatic rings. The predicted octanol–water partition coefficient (Wildman–Crippen LogP) is 2.42. The van der Waals surface area contributed by atoms with Gasteiger partial charge in [-0.1, -0.05) is 12.1 Å². The summed E-state index contributed by atoms with van der Waals surface area (Å²) in [7, 11) is 1.49. The van der Waals surface area contributed by atoms with Crippen molar-refractivity contribution in [1.82, 2.24) is 9.62 Å². The Bertz CT molecular complexity index is 777. The van der Waals surface area contributed by atoms with Crippen molar-refractivity contribution in [2.24, 2.45) is 0 Å². The minimum atomic E-state index is -3.66. The molecule has 130 valence electrons. The number of likely N-dealkylation sites (N-methyl/N-ethyl adjacent to an activating group) is 1. The van der Waals surface area contributed by atoms with Gasteiger partial charge in [0.05, 0.1) is 12.0 Å². The summed E-state index contributed by atoms with van der Waals surface area (Å²) in [5, 5.41) is 0. The highest BCUT2D eigenvalue weighted by molar-refractivity contribution is 7.89. The van der Waals surface area contributed by atoms with Crippen molar-refractivity contribution in [2.45, 2.75) is 10.9 Å². The fourth-order valence-corrected chi connectivity index (χ4v) is 3.38. The van der Waals surface area contributed by atoms with E-state index in [0.29, 0.717) is 11.3 Å². The van der Waals surface area contributed by atoms with Crippen LogP contribution in [0.4, 0.5) is 4.39 Å². The first-order valence-electron chi connectivity index (χ1n) is 7.39. The average Bonchev–Trinajstić information content (AvgIpc) is 2.55. The van der Waals surface area contributed by atoms with Gasteiger partial charge in [0, 0.05) is 12.6 Å². The first-order chi connectivity index (χ1) is 11.3. The van der Waals surface area contributed by atoms with Crippen molar-refractivity contribution < 1.29 is 17.5 Å². The maximum atomic E-state index is 13.4. The molecule has 0 saturated heterocycles. The smallest absolute Gasteiger partial charge is 0.240 e. The lowest BCUT2D eigenvalue weighted by Gasteiger charge is -2.25. The average molecular weight is 352 g/mol. The first kappa shape index (κ1) is 18.4. The number of nitrogens with one attached hydrogen (secondary N) is 1. The Morgan fingerprint density at radius 3 is 2.38 bits per heavy atom. The van der Waals surface area contributed by atoms with Crippen LogP contribution in [0, 0.1) is 5.82 Å². The van der Waals surface area contributed by atoms with E-state index < -0.39 is 10.0 Å². The minimum Gasteiger partial charge on any atom is -0.497 e. The summed E-state index contributed by atoms with van der Waals surface area (Å²) in [4.78, 5) is 1.99. The molecule has 0 aliphatic rings. The molecule has 2 aromatic carbocycles. The monoisotopic (exact) mass is 352 g/mol. The molecule has 0 heterocycles. The highest BCUT2D eigenvalue weighted by Crippen LogP contribution is 2.20. The normalized spacial score (nSPS) is 13.0. The topological polar surface area (TPSA) is 58.6 Å². The van der Waals surface area contributed by atoms with Gasteiger partial charge in [-0.15, -0.1) is 0 Å². The highest BCUT2D eigenvalue weighted by Gasteiger charge is 2.20. The number of methoxy groups -OCH3 is 1. The van der Waals surface area contributed by atoms with Crippen molar-refractivity contribution >= 4 is 10.0 Å². The Hall–Kier alpha value is -1.96. The Morgan fingerprint density at radius 1 is 1.17 bits per heavy atom. The van der Waals surface area contributed by atoms with E-state index in [4.69, 9.17) is 4.74 Å². The molecule has 0 unspecified atom stereocenters. The number of sulfonamides is 1. The standard InChI is InChI=1S/C17H21FN2O3S/c1-20(2)17(13-5-4-6-14(18)11-13)12-19-24(21,22)16-9-7-15(23-3)8-10-16/h4-11,17,19H,12H2,1-3H3/t17-/m1/s1.